The van der Waals surface area contributed by atoms with Gasteiger partial charge in [0.15, 0.2) is 6.61 Å². The highest BCUT2D eigenvalue weighted by molar-refractivity contribution is 6.06. The summed E-state index contributed by atoms with van der Waals surface area (Å²) in [6, 6.07) is 16.4. The minimum Gasteiger partial charge on any atom is -0.483 e. The molecule has 2 aromatic rings. The van der Waals surface area contributed by atoms with Crippen molar-refractivity contribution in [3.8, 4) is 5.75 Å². The lowest BCUT2D eigenvalue weighted by Crippen LogP contribution is -2.42. The maximum atomic E-state index is 12.6. The monoisotopic (exact) mass is 392 g/mol. The second-order valence-corrected chi connectivity index (χ2v) is 8.30. The summed E-state index contributed by atoms with van der Waals surface area (Å²) in [6.07, 6.45) is 5.21. The first-order valence-corrected chi connectivity index (χ1v) is 10.5. The highest BCUT2D eigenvalue weighted by atomic mass is 16.5. The Morgan fingerprint density at radius 2 is 1.79 bits per heavy atom. The predicted molar refractivity (Wildman–Crippen MR) is 113 cm³/mol. The maximum Gasteiger partial charge on any atom is 0.259 e. The third-order valence-corrected chi connectivity index (χ3v) is 6.35. The van der Waals surface area contributed by atoms with Gasteiger partial charge in [0.2, 0.25) is 0 Å². The van der Waals surface area contributed by atoms with Gasteiger partial charge in [-0.05, 0) is 68.2 Å². The number of carbonyl (C=O) groups is 2. The first kappa shape index (κ1) is 19.5. The van der Waals surface area contributed by atoms with Crippen molar-refractivity contribution in [2.24, 2.45) is 17.8 Å². The molecule has 0 heterocycles. The quantitative estimate of drug-likeness (QED) is 0.740. The van der Waals surface area contributed by atoms with E-state index in [4.69, 9.17) is 4.74 Å². The summed E-state index contributed by atoms with van der Waals surface area (Å²) < 4.78 is 5.71. The van der Waals surface area contributed by atoms with Crippen molar-refractivity contribution in [3.63, 3.8) is 0 Å². The second-order valence-electron chi connectivity index (χ2n) is 8.30. The van der Waals surface area contributed by atoms with E-state index in [1.165, 1.54) is 25.7 Å². The van der Waals surface area contributed by atoms with E-state index in [2.05, 4.69) is 17.6 Å². The fourth-order valence-electron chi connectivity index (χ4n) is 4.95. The van der Waals surface area contributed by atoms with Gasteiger partial charge in [-0.1, -0.05) is 36.8 Å². The van der Waals surface area contributed by atoms with Crippen LogP contribution in [0, 0.1) is 17.8 Å². The number of nitrogens with one attached hydrogen (secondary N) is 2. The Balaban J connectivity index is 1.32. The molecule has 5 heteroatoms. The average Bonchev–Trinajstić information content (AvgIpc) is 3.37. The van der Waals surface area contributed by atoms with Gasteiger partial charge in [-0.15, -0.1) is 0 Å². The highest BCUT2D eigenvalue weighted by Crippen LogP contribution is 2.49. The molecule has 0 spiro atoms. The molecule has 2 aliphatic carbocycles. The first-order valence-electron chi connectivity index (χ1n) is 10.5. The average molecular weight is 392 g/mol. The SMILES string of the molecule is CC(NC(=O)COc1ccccc1C(=O)Nc1ccccc1)C1CC2CCC1C2. The van der Waals surface area contributed by atoms with E-state index in [-0.39, 0.29) is 24.5 Å². The van der Waals surface area contributed by atoms with E-state index in [1.54, 1.807) is 24.3 Å². The van der Waals surface area contributed by atoms with E-state index in [1.807, 2.05) is 30.3 Å². The van der Waals surface area contributed by atoms with Crippen molar-refractivity contribution < 1.29 is 14.3 Å². The van der Waals surface area contributed by atoms with Crippen LogP contribution in [0.3, 0.4) is 0 Å². The summed E-state index contributed by atoms with van der Waals surface area (Å²) in [6.45, 7) is 2.01. The summed E-state index contributed by atoms with van der Waals surface area (Å²) in [4.78, 5) is 25.0. The third-order valence-electron chi connectivity index (χ3n) is 6.35. The summed E-state index contributed by atoms with van der Waals surface area (Å²) in [5.74, 6) is 2.21. The number of anilines is 1. The van der Waals surface area contributed by atoms with Gasteiger partial charge < -0.3 is 15.4 Å². The van der Waals surface area contributed by atoms with Crippen LogP contribution in [0.5, 0.6) is 5.75 Å². The lowest BCUT2D eigenvalue weighted by atomic mass is 9.84. The van der Waals surface area contributed by atoms with E-state index in [9.17, 15) is 9.59 Å². The molecule has 2 aliphatic rings. The lowest BCUT2D eigenvalue weighted by Gasteiger charge is -2.28. The van der Waals surface area contributed by atoms with Crippen molar-refractivity contribution >= 4 is 17.5 Å². The number of benzene rings is 2. The summed E-state index contributed by atoms with van der Waals surface area (Å²) in [7, 11) is 0. The molecule has 0 aliphatic heterocycles. The normalized spacial score (nSPS) is 23.4. The first-order chi connectivity index (χ1) is 14.1. The Morgan fingerprint density at radius 3 is 2.52 bits per heavy atom. The molecule has 2 amide bonds. The van der Waals surface area contributed by atoms with E-state index in [0.717, 1.165) is 11.8 Å². The van der Waals surface area contributed by atoms with Crippen LogP contribution < -0.4 is 15.4 Å². The second kappa shape index (κ2) is 8.68. The number of para-hydroxylation sites is 2. The molecule has 152 valence electrons. The van der Waals surface area contributed by atoms with Crippen LogP contribution in [0.2, 0.25) is 0 Å². The lowest BCUT2D eigenvalue weighted by molar-refractivity contribution is -0.124. The molecule has 2 saturated carbocycles. The molecule has 2 bridgehead atoms. The van der Waals surface area contributed by atoms with Crippen LogP contribution in [0.15, 0.2) is 54.6 Å². The summed E-state index contributed by atoms with van der Waals surface area (Å²) in [5.41, 5.74) is 1.12. The van der Waals surface area contributed by atoms with E-state index < -0.39 is 0 Å². The Bertz CT molecular complexity index is 867. The molecule has 4 atom stereocenters. The highest BCUT2D eigenvalue weighted by Gasteiger charge is 2.42. The van der Waals surface area contributed by atoms with E-state index in [0.29, 0.717) is 22.9 Å². The summed E-state index contributed by atoms with van der Waals surface area (Å²) >= 11 is 0. The number of fused-ring (bicyclic) bond motifs is 2. The number of hydrogen-bond donors (Lipinski definition) is 2. The molecule has 2 N–H and O–H groups in total. The Kier molecular flexibility index (Phi) is 5.84. The maximum absolute atomic E-state index is 12.6. The molecule has 4 rings (SSSR count). The van der Waals surface area contributed by atoms with Gasteiger partial charge in [0.05, 0.1) is 5.56 Å². The molecule has 0 aromatic heterocycles. The fraction of sp³-hybridized carbons (Fsp3) is 0.417. The standard InChI is InChI=1S/C24H28N2O3/c1-16(21-14-17-11-12-18(21)13-17)25-23(27)15-29-22-10-6-5-9-20(22)24(28)26-19-7-3-2-4-8-19/h2-10,16-18,21H,11-15H2,1H3,(H,25,27)(H,26,28). The fourth-order valence-corrected chi connectivity index (χ4v) is 4.95. The zero-order valence-electron chi connectivity index (χ0n) is 16.8. The molecule has 0 saturated heterocycles. The molecule has 29 heavy (non-hydrogen) atoms. The summed E-state index contributed by atoms with van der Waals surface area (Å²) in [5, 5.41) is 5.95. The molecule has 2 aromatic carbocycles. The van der Waals surface area contributed by atoms with Gasteiger partial charge in [-0.25, -0.2) is 0 Å². The van der Waals surface area contributed by atoms with Crippen LogP contribution in [0.1, 0.15) is 43.0 Å². The number of rotatable bonds is 7. The Labute approximate surface area is 171 Å². The van der Waals surface area contributed by atoms with Crippen molar-refractivity contribution in [2.45, 2.75) is 38.6 Å². The number of ether oxygens (including phenoxy) is 1. The minimum atomic E-state index is -0.262. The molecular weight excluding hydrogens is 364 g/mol. The molecular formula is C24H28N2O3. The van der Waals surface area contributed by atoms with Crippen molar-refractivity contribution in [3.05, 3.63) is 60.2 Å². The number of carbonyl (C=O) groups excluding carboxylic acids is 2. The smallest absolute Gasteiger partial charge is 0.259 e. The number of amides is 2. The van der Waals surface area contributed by atoms with E-state index >= 15 is 0 Å². The zero-order chi connectivity index (χ0) is 20.2. The van der Waals surface area contributed by atoms with Gasteiger partial charge in [-0.2, -0.15) is 0 Å². The van der Waals surface area contributed by atoms with Crippen LogP contribution in [-0.2, 0) is 4.79 Å². The Hall–Kier alpha value is -2.82. The number of hydrogen-bond acceptors (Lipinski definition) is 3. The van der Waals surface area contributed by atoms with Crippen LogP contribution in [0.25, 0.3) is 0 Å². The van der Waals surface area contributed by atoms with Crippen molar-refractivity contribution in [1.82, 2.24) is 5.32 Å². The van der Waals surface area contributed by atoms with Gasteiger partial charge >= 0.3 is 0 Å². The third kappa shape index (κ3) is 4.61. The molecule has 5 nitrogen and oxygen atoms in total. The van der Waals surface area contributed by atoms with Crippen LogP contribution >= 0.6 is 0 Å². The van der Waals surface area contributed by atoms with Crippen LogP contribution in [-0.4, -0.2) is 24.5 Å². The van der Waals surface area contributed by atoms with Crippen molar-refractivity contribution in [2.75, 3.05) is 11.9 Å². The van der Waals surface area contributed by atoms with Gasteiger partial charge in [-0.3, -0.25) is 9.59 Å². The van der Waals surface area contributed by atoms with Crippen molar-refractivity contribution in [1.29, 1.82) is 0 Å². The molecule has 0 radical (unpaired) electrons. The zero-order valence-corrected chi connectivity index (χ0v) is 16.8. The van der Waals surface area contributed by atoms with Gasteiger partial charge in [0, 0.05) is 11.7 Å². The van der Waals surface area contributed by atoms with Gasteiger partial charge in [0.1, 0.15) is 5.75 Å². The van der Waals surface area contributed by atoms with Crippen LogP contribution in [0.4, 0.5) is 5.69 Å². The predicted octanol–water partition coefficient (Wildman–Crippen LogP) is 4.26. The molecule has 4 unspecified atom stereocenters. The largest absolute Gasteiger partial charge is 0.483 e. The Morgan fingerprint density at radius 1 is 1.03 bits per heavy atom. The topological polar surface area (TPSA) is 67.4 Å². The molecule has 2 fully saturated rings. The van der Waals surface area contributed by atoms with Gasteiger partial charge in [0.25, 0.3) is 11.8 Å². The minimum absolute atomic E-state index is 0.0964.